The third-order valence-corrected chi connectivity index (χ3v) is 4.72. The summed E-state index contributed by atoms with van der Waals surface area (Å²) in [5, 5.41) is 0. The summed E-state index contributed by atoms with van der Waals surface area (Å²) in [6.45, 7) is 16.9. The number of hydrogen-bond donors (Lipinski definition) is 0. The van der Waals surface area contributed by atoms with E-state index in [-0.39, 0.29) is 0 Å². The first kappa shape index (κ1) is 19.5. The van der Waals surface area contributed by atoms with Gasteiger partial charge in [0.05, 0.1) is 0 Å². The van der Waals surface area contributed by atoms with Crippen LogP contribution in [0.2, 0.25) is 0 Å². The van der Waals surface area contributed by atoms with Gasteiger partial charge in [0.15, 0.2) is 0 Å². The van der Waals surface area contributed by atoms with Crippen molar-refractivity contribution in [1.82, 2.24) is 0 Å². The molecular weight excluding hydrogens is 276 g/mol. The second kappa shape index (κ2) is 10.3. The molecule has 0 heterocycles. The summed E-state index contributed by atoms with van der Waals surface area (Å²) in [5.41, 5.74) is 6.57. The zero-order chi connectivity index (χ0) is 17.2. The predicted molar refractivity (Wildman–Crippen MR) is 106 cm³/mol. The minimum Gasteiger partial charge on any atom is -0.0990 e. The van der Waals surface area contributed by atoms with E-state index in [4.69, 9.17) is 0 Å². The topological polar surface area (TPSA) is 0 Å². The molecule has 0 aliphatic carbocycles. The quantitative estimate of drug-likeness (QED) is 0.402. The van der Waals surface area contributed by atoms with Gasteiger partial charge in [-0.05, 0) is 54.4 Å². The number of rotatable bonds is 10. The van der Waals surface area contributed by atoms with E-state index >= 15 is 0 Å². The second-order valence-corrected chi connectivity index (χ2v) is 6.56. The molecule has 0 radical (unpaired) electrons. The van der Waals surface area contributed by atoms with Gasteiger partial charge < -0.3 is 0 Å². The van der Waals surface area contributed by atoms with Crippen molar-refractivity contribution in [3.05, 3.63) is 65.8 Å². The van der Waals surface area contributed by atoms with E-state index in [9.17, 15) is 0 Å². The zero-order valence-electron chi connectivity index (χ0n) is 15.6. The molecule has 0 aromatic heterocycles. The van der Waals surface area contributed by atoms with E-state index in [0.29, 0.717) is 0 Å². The lowest BCUT2D eigenvalue weighted by atomic mass is 9.89. The third-order valence-electron chi connectivity index (χ3n) is 4.72. The molecule has 0 atom stereocenters. The molecule has 0 unspecified atom stereocenters. The average Bonchev–Trinajstić information content (AvgIpc) is 2.54. The van der Waals surface area contributed by atoms with Crippen LogP contribution in [0, 0.1) is 5.92 Å². The molecule has 0 amide bonds. The zero-order valence-corrected chi connectivity index (χ0v) is 15.6. The van der Waals surface area contributed by atoms with Crippen LogP contribution in [-0.2, 0) is 12.8 Å². The smallest absolute Gasteiger partial charge is 0.0149 e. The maximum Gasteiger partial charge on any atom is -0.0149 e. The van der Waals surface area contributed by atoms with E-state index in [2.05, 4.69) is 65.1 Å². The Hall–Kier alpha value is -1.56. The molecule has 0 bridgehead atoms. The van der Waals surface area contributed by atoms with E-state index in [1.807, 2.05) is 6.08 Å². The first-order valence-electron chi connectivity index (χ1n) is 9.18. The maximum absolute atomic E-state index is 4.14. The van der Waals surface area contributed by atoms with Crippen LogP contribution in [0.4, 0.5) is 0 Å². The van der Waals surface area contributed by atoms with Gasteiger partial charge in [0.2, 0.25) is 0 Å². The number of benzene rings is 1. The summed E-state index contributed by atoms with van der Waals surface area (Å²) < 4.78 is 0. The Labute approximate surface area is 144 Å². The standard InChI is InChI=1S/C23H34/c1-7-11-21-17-20(14-13-19(9-3)10-4)15-16-23(21)22(12-8-2)18(5)6/h8,12,15-17,19H,2,5,7,9-11,13-14H2,1,3-4,6H3/b22-12+. The lowest BCUT2D eigenvalue weighted by Gasteiger charge is -2.16. The molecule has 23 heavy (non-hydrogen) atoms. The molecule has 0 saturated carbocycles. The molecule has 1 rings (SSSR count). The Bertz CT molecular complexity index is 541. The summed E-state index contributed by atoms with van der Waals surface area (Å²) in [6, 6.07) is 7.01. The Balaban J connectivity index is 3.08. The van der Waals surface area contributed by atoms with Crippen LogP contribution in [-0.4, -0.2) is 0 Å². The fourth-order valence-corrected chi connectivity index (χ4v) is 3.19. The summed E-state index contributed by atoms with van der Waals surface area (Å²) in [4.78, 5) is 0. The molecule has 0 nitrogen and oxygen atoms in total. The molecule has 0 N–H and O–H groups in total. The minimum absolute atomic E-state index is 0.857. The predicted octanol–water partition coefficient (Wildman–Crippen LogP) is 7.15. The van der Waals surface area contributed by atoms with Crippen LogP contribution in [0.25, 0.3) is 5.57 Å². The number of allylic oxidation sites excluding steroid dienone is 4. The normalized spacial score (nSPS) is 11.8. The van der Waals surface area contributed by atoms with Crippen LogP contribution < -0.4 is 0 Å². The van der Waals surface area contributed by atoms with E-state index < -0.39 is 0 Å². The molecule has 0 fully saturated rings. The number of aryl methyl sites for hydroxylation is 2. The van der Waals surface area contributed by atoms with Crippen molar-refractivity contribution < 1.29 is 0 Å². The lowest BCUT2D eigenvalue weighted by molar-refractivity contribution is 0.456. The van der Waals surface area contributed by atoms with Crippen molar-refractivity contribution >= 4 is 5.57 Å². The largest absolute Gasteiger partial charge is 0.0990 e. The first-order chi connectivity index (χ1) is 11.1. The second-order valence-electron chi connectivity index (χ2n) is 6.56. The Morgan fingerprint density at radius 3 is 2.35 bits per heavy atom. The van der Waals surface area contributed by atoms with Crippen molar-refractivity contribution in [2.24, 2.45) is 5.92 Å². The van der Waals surface area contributed by atoms with Crippen LogP contribution >= 0.6 is 0 Å². The minimum atomic E-state index is 0.857. The molecule has 0 aliphatic heterocycles. The van der Waals surface area contributed by atoms with Gasteiger partial charge in [-0.3, -0.25) is 0 Å². The van der Waals surface area contributed by atoms with Crippen LogP contribution in [0.15, 0.2) is 49.1 Å². The molecule has 1 aromatic carbocycles. The van der Waals surface area contributed by atoms with Crippen molar-refractivity contribution in [3.8, 4) is 0 Å². The van der Waals surface area contributed by atoms with Gasteiger partial charge >= 0.3 is 0 Å². The van der Waals surface area contributed by atoms with Crippen molar-refractivity contribution in [2.45, 2.75) is 66.2 Å². The van der Waals surface area contributed by atoms with Gasteiger partial charge in [-0.15, -0.1) is 0 Å². The van der Waals surface area contributed by atoms with Crippen LogP contribution in [0.3, 0.4) is 0 Å². The van der Waals surface area contributed by atoms with Crippen molar-refractivity contribution in [3.63, 3.8) is 0 Å². The monoisotopic (exact) mass is 310 g/mol. The highest BCUT2D eigenvalue weighted by molar-refractivity contribution is 5.80. The van der Waals surface area contributed by atoms with Crippen LogP contribution in [0.5, 0.6) is 0 Å². The van der Waals surface area contributed by atoms with Gasteiger partial charge in [0.1, 0.15) is 0 Å². The van der Waals surface area contributed by atoms with Crippen molar-refractivity contribution in [1.29, 1.82) is 0 Å². The molecule has 0 heteroatoms. The molecule has 126 valence electrons. The summed E-state index contributed by atoms with van der Waals surface area (Å²) >= 11 is 0. The molecular formula is C23H34. The lowest BCUT2D eigenvalue weighted by Crippen LogP contribution is -2.01. The van der Waals surface area contributed by atoms with E-state index in [1.165, 1.54) is 54.4 Å². The Morgan fingerprint density at radius 1 is 1.13 bits per heavy atom. The van der Waals surface area contributed by atoms with Crippen LogP contribution in [0.1, 0.15) is 70.1 Å². The molecule has 0 spiro atoms. The van der Waals surface area contributed by atoms with Gasteiger partial charge in [0, 0.05) is 0 Å². The number of hydrogen-bond acceptors (Lipinski definition) is 0. The Morgan fingerprint density at radius 2 is 1.83 bits per heavy atom. The molecule has 1 aromatic rings. The highest BCUT2D eigenvalue weighted by Gasteiger charge is 2.10. The van der Waals surface area contributed by atoms with E-state index in [0.717, 1.165) is 17.9 Å². The van der Waals surface area contributed by atoms with Gasteiger partial charge in [-0.1, -0.05) is 89.1 Å². The average molecular weight is 311 g/mol. The molecule has 0 aliphatic rings. The van der Waals surface area contributed by atoms with Gasteiger partial charge in [0.25, 0.3) is 0 Å². The fourth-order valence-electron chi connectivity index (χ4n) is 3.19. The van der Waals surface area contributed by atoms with E-state index in [1.54, 1.807) is 0 Å². The molecule has 0 saturated heterocycles. The van der Waals surface area contributed by atoms with Gasteiger partial charge in [-0.25, -0.2) is 0 Å². The fraction of sp³-hybridized carbons (Fsp3) is 0.478. The highest BCUT2D eigenvalue weighted by Crippen LogP contribution is 2.28. The van der Waals surface area contributed by atoms with Gasteiger partial charge in [-0.2, -0.15) is 0 Å². The van der Waals surface area contributed by atoms with Crippen molar-refractivity contribution in [2.75, 3.05) is 0 Å². The summed E-state index contributed by atoms with van der Waals surface area (Å²) in [5.74, 6) is 0.857. The summed E-state index contributed by atoms with van der Waals surface area (Å²) in [6.07, 6.45) is 11.3. The summed E-state index contributed by atoms with van der Waals surface area (Å²) in [7, 11) is 0. The third kappa shape index (κ3) is 5.86. The maximum atomic E-state index is 4.14. The first-order valence-corrected chi connectivity index (χ1v) is 9.18. The highest BCUT2D eigenvalue weighted by atomic mass is 14.1. The Kier molecular flexibility index (Phi) is 8.69. The SMILES string of the molecule is C=C/C=C(\C(=C)C)c1ccc(CCC(CC)CC)cc1CCC.